The highest BCUT2D eigenvalue weighted by Crippen LogP contribution is 2.35. The van der Waals surface area contributed by atoms with Gasteiger partial charge >= 0.3 is 0 Å². The van der Waals surface area contributed by atoms with Crippen LogP contribution in [0.5, 0.6) is 0 Å². The van der Waals surface area contributed by atoms with Crippen LogP contribution in [0.1, 0.15) is 12.7 Å². The van der Waals surface area contributed by atoms with E-state index in [-0.39, 0.29) is 9.79 Å². The molecule has 0 amide bonds. The molecule has 2 aromatic carbocycles. The fraction of sp³-hybridized carbons (Fsp3) is 0.158. The molecule has 0 saturated heterocycles. The predicted octanol–water partition coefficient (Wildman–Crippen LogP) is 3.65. The quantitative estimate of drug-likeness (QED) is 0.385. The molecule has 0 spiro atoms. The molecule has 2 aromatic heterocycles. The Morgan fingerprint density at radius 2 is 1.96 bits per heavy atom. The number of rotatable bonds is 4. The first kappa shape index (κ1) is 18.1. The van der Waals surface area contributed by atoms with Crippen LogP contribution in [0.3, 0.4) is 0 Å². The van der Waals surface area contributed by atoms with Crippen molar-refractivity contribution >= 4 is 37.3 Å². The molecule has 0 unspecified atom stereocenters. The number of pyridine rings is 1. The zero-order valence-corrected chi connectivity index (χ0v) is 16.0. The number of nitro groups is 1. The smallest absolute Gasteiger partial charge is 0.290 e. The summed E-state index contributed by atoms with van der Waals surface area (Å²) in [4.78, 5) is 19.0. The van der Waals surface area contributed by atoms with Gasteiger partial charge in [-0.3, -0.25) is 15.1 Å². The summed E-state index contributed by atoms with van der Waals surface area (Å²) in [6.45, 7) is 4.25. The van der Waals surface area contributed by atoms with E-state index < -0.39 is 20.4 Å². The summed E-state index contributed by atoms with van der Waals surface area (Å²) >= 11 is 0. The van der Waals surface area contributed by atoms with Crippen molar-refractivity contribution in [3.05, 3.63) is 64.7 Å². The van der Waals surface area contributed by atoms with Gasteiger partial charge in [0.15, 0.2) is 4.90 Å². The number of aromatic nitrogens is 3. The van der Waals surface area contributed by atoms with E-state index in [1.54, 1.807) is 31.3 Å². The summed E-state index contributed by atoms with van der Waals surface area (Å²) in [5, 5.41) is 12.8. The molecule has 0 aliphatic rings. The molecule has 0 aliphatic carbocycles. The van der Waals surface area contributed by atoms with Gasteiger partial charge in [-0.1, -0.05) is 12.1 Å². The molecule has 2 heterocycles. The van der Waals surface area contributed by atoms with Gasteiger partial charge in [0.1, 0.15) is 5.82 Å². The van der Waals surface area contributed by atoms with Crippen molar-refractivity contribution in [1.29, 1.82) is 0 Å². The van der Waals surface area contributed by atoms with E-state index in [1.165, 1.54) is 24.4 Å². The number of sulfone groups is 1. The number of hydrogen-bond acceptors (Lipinski definition) is 6. The van der Waals surface area contributed by atoms with Gasteiger partial charge in [0.25, 0.3) is 5.69 Å². The largest absolute Gasteiger partial charge is 0.328 e. The molecule has 0 bridgehead atoms. The molecule has 0 N–H and O–H groups in total. The highest BCUT2D eigenvalue weighted by Gasteiger charge is 2.30. The summed E-state index contributed by atoms with van der Waals surface area (Å²) in [6.07, 6.45) is 3.05. The molecule has 142 valence electrons. The van der Waals surface area contributed by atoms with E-state index in [1.807, 2.05) is 11.5 Å². The Morgan fingerprint density at radius 1 is 1.18 bits per heavy atom. The Hall–Kier alpha value is -3.33. The molecule has 0 radical (unpaired) electrons. The number of imidazole rings is 1. The molecular formula is C19H16N4O4S. The van der Waals surface area contributed by atoms with Gasteiger partial charge < -0.3 is 4.57 Å². The molecule has 8 nitrogen and oxygen atoms in total. The lowest BCUT2D eigenvalue weighted by Gasteiger charge is -2.10. The minimum Gasteiger partial charge on any atom is -0.328 e. The molecule has 0 fully saturated rings. The van der Waals surface area contributed by atoms with E-state index in [0.717, 1.165) is 0 Å². The highest BCUT2D eigenvalue weighted by atomic mass is 32.2. The summed E-state index contributed by atoms with van der Waals surface area (Å²) in [5.41, 5.74) is 0.456. The van der Waals surface area contributed by atoms with Crippen LogP contribution >= 0.6 is 0 Å². The second kappa shape index (κ2) is 6.38. The number of nitro benzene ring substituents is 1. The zero-order valence-electron chi connectivity index (χ0n) is 15.2. The second-order valence-electron chi connectivity index (χ2n) is 6.33. The average molecular weight is 396 g/mol. The molecule has 4 rings (SSSR count). The number of hydrogen-bond donors (Lipinski definition) is 0. The van der Waals surface area contributed by atoms with E-state index >= 15 is 0 Å². The van der Waals surface area contributed by atoms with Crippen molar-refractivity contribution < 1.29 is 13.3 Å². The molecule has 4 aromatic rings. The van der Waals surface area contributed by atoms with Crippen LogP contribution in [0.15, 0.2) is 58.6 Å². The molecule has 0 saturated carbocycles. The van der Waals surface area contributed by atoms with Crippen molar-refractivity contribution in [2.75, 3.05) is 0 Å². The van der Waals surface area contributed by atoms with Crippen LogP contribution in [-0.2, 0) is 16.4 Å². The first-order valence-electron chi connectivity index (χ1n) is 8.57. The average Bonchev–Trinajstić information content (AvgIpc) is 3.00. The van der Waals surface area contributed by atoms with Crippen LogP contribution in [0, 0.1) is 17.0 Å². The van der Waals surface area contributed by atoms with Crippen LogP contribution < -0.4 is 0 Å². The highest BCUT2D eigenvalue weighted by molar-refractivity contribution is 7.92. The standard InChI is InChI=1S/C19H16N4O4S/c1-3-22-12(2)21-15-9-17(23(24)25)19(10-16(15)22)28(26,27)18-6-4-5-13-11-20-8-7-14(13)18/h4-11H,3H2,1-2H3. The summed E-state index contributed by atoms with van der Waals surface area (Å²) in [7, 11) is -4.16. The van der Waals surface area contributed by atoms with Crippen LogP contribution in [0.25, 0.3) is 21.8 Å². The molecule has 0 aliphatic heterocycles. The Morgan fingerprint density at radius 3 is 2.68 bits per heavy atom. The summed E-state index contributed by atoms with van der Waals surface area (Å²) < 4.78 is 28.8. The monoisotopic (exact) mass is 396 g/mol. The lowest BCUT2D eigenvalue weighted by molar-refractivity contribution is -0.387. The molecule has 28 heavy (non-hydrogen) atoms. The predicted molar refractivity (Wildman–Crippen MR) is 104 cm³/mol. The van der Waals surface area contributed by atoms with E-state index in [4.69, 9.17) is 0 Å². The first-order valence-corrected chi connectivity index (χ1v) is 10.1. The Kier molecular flexibility index (Phi) is 4.11. The molecule has 0 atom stereocenters. The topological polar surface area (TPSA) is 108 Å². The van der Waals surface area contributed by atoms with Gasteiger partial charge in [-0.25, -0.2) is 13.4 Å². The van der Waals surface area contributed by atoms with Crippen molar-refractivity contribution in [1.82, 2.24) is 14.5 Å². The van der Waals surface area contributed by atoms with Gasteiger partial charge in [-0.2, -0.15) is 0 Å². The van der Waals surface area contributed by atoms with Crippen LogP contribution in [-0.4, -0.2) is 27.9 Å². The minimum absolute atomic E-state index is 0.00846. The SMILES string of the molecule is CCn1c(C)nc2cc([N+](=O)[O-])c(S(=O)(=O)c3cccc4cnccc34)cc21. The maximum atomic E-state index is 13.5. The normalized spacial score (nSPS) is 11.9. The van der Waals surface area contributed by atoms with Crippen LogP contribution in [0.4, 0.5) is 5.69 Å². The maximum Gasteiger partial charge on any atom is 0.290 e. The van der Waals surface area contributed by atoms with Gasteiger partial charge in [-0.05, 0) is 32.0 Å². The number of aryl methyl sites for hydroxylation is 2. The number of fused-ring (bicyclic) bond motifs is 2. The fourth-order valence-corrected chi connectivity index (χ4v) is 5.11. The Bertz CT molecular complexity index is 1350. The molecular weight excluding hydrogens is 380 g/mol. The Labute approximate surface area is 160 Å². The third-order valence-corrected chi connectivity index (χ3v) is 6.59. The van der Waals surface area contributed by atoms with Crippen molar-refractivity contribution in [3.8, 4) is 0 Å². The van der Waals surface area contributed by atoms with E-state index in [2.05, 4.69) is 9.97 Å². The zero-order chi connectivity index (χ0) is 20.1. The van der Waals surface area contributed by atoms with Crippen molar-refractivity contribution in [2.45, 2.75) is 30.2 Å². The number of benzene rings is 2. The maximum absolute atomic E-state index is 13.5. The van der Waals surface area contributed by atoms with Gasteiger partial charge in [0, 0.05) is 35.8 Å². The Balaban J connectivity index is 2.08. The lowest BCUT2D eigenvalue weighted by atomic mass is 10.2. The third-order valence-electron chi connectivity index (χ3n) is 4.75. The van der Waals surface area contributed by atoms with Crippen molar-refractivity contribution in [2.24, 2.45) is 0 Å². The van der Waals surface area contributed by atoms with Gasteiger partial charge in [0.05, 0.1) is 20.9 Å². The van der Waals surface area contributed by atoms with Gasteiger partial charge in [0.2, 0.25) is 9.84 Å². The summed E-state index contributed by atoms with van der Waals surface area (Å²) in [6, 6.07) is 8.97. The fourth-order valence-electron chi connectivity index (χ4n) is 3.46. The number of nitrogens with zero attached hydrogens (tertiary/aromatic N) is 4. The van der Waals surface area contributed by atoms with Crippen LogP contribution in [0.2, 0.25) is 0 Å². The van der Waals surface area contributed by atoms with Crippen molar-refractivity contribution in [3.63, 3.8) is 0 Å². The van der Waals surface area contributed by atoms with E-state index in [9.17, 15) is 18.5 Å². The van der Waals surface area contributed by atoms with E-state index in [0.29, 0.717) is 34.2 Å². The third kappa shape index (κ3) is 2.63. The van der Waals surface area contributed by atoms with Gasteiger partial charge in [-0.15, -0.1) is 0 Å². The summed E-state index contributed by atoms with van der Waals surface area (Å²) in [5.74, 6) is 0.664. The molecule has 9 heteroatoms. The second-order valence-corrected chi connectivity index (χ2v) is 8.21. The minimum atomic E-state index is -4.16. The lowest BCUT2D eigenvalue weighted by Crippen LogP contribution is -2.07. The first-order chi connectivity index (χ1) is 13.3.